The summed E-state index contributed by atoms with van der Waals surface area (Å²) in [7, 11) is -4.05. The van der Waals surface area contributed by atoms with Crippen molar-refractivity contribution in [2.45, 2.75) is 121 Å². The van der Waals surface area contributed by atoms with Gasteiger partial charge in [-0.25, -0.2) is 8.42 Å². The predicted molar refractivity (Wildman–Crippen MR) is 194 cm³/mol. The van der Waals surface area contributed by atoms with Gasteiger partial charge >= 0.3 is 0 Å². The third kappa shape index (κ3) is 10.5. The summed E-state index contributed by atoms with van der Waals surface area (Å²) in [6.45, 7) is 13.3. The summed E-state index contributed by atoms with van der Waals surface area (Å²) >= 11 is 0. The van der Waals surface area contributed by atoms with Crippen molar-refractivity contribution in [1.82, 2.24) is 25.6 Å². The number of hydrogen-bond acceptors (Lipinski definition) is 7. The summed E-state index contributed by atoms with van der Waals surface area (Å²) < 4.78 is 29.6. The van der Waals surface area contributed by atoms with Crippen LogP contribution in [0.4, 0.5) is 0 Å². The van der Waals surface area contributed by atoms with E-state index in [1.165, 1.54) is 23.1 Å². The highest BCUT2D eigenvalue weighted by atomic mass is 32.2. The lowest BCUT2D eigenvalue weighted by atomic mass is 9.82. The second-order valence-electron chi connectivity index (χ2n) is 15.9. The van der Waals surface area contributed by atoms with Crippen molar-refractivity contribution in [2.75, 3.05) is 13.1 Å². The number of nitrogens with zero attached hydrogens (tertiary/aromatic N) is 1. The summed E-state index contributed by atoms with van der Waals surface area (Å²) in [5, 5.41) is 8.28. The van der Waals surface area contributed by atoms with Gasteiger partial charge in [-0.3, -0.25) is 24.0 Å². The lowest BCUT2D eigenvalue weighted by molar-refractivity contribution is -0.146. The number of amides is 4. The van der Waals surface area contributed by atoms with Crippen LogP contribution in [0.3, 0.4) is 0 Å². The molecule has 12 nitrogen and oxygen atoms in total. The van der Waals surface area contributed by atoms with Crippen molar-refractivity contribution in [2.24, 2.45) is 29.1 Å². The van der Waals surface area contributed by atoms with Crippen LogP contribution in [0.2, 0.25) is 0 Å². The summed E-state index contributed by atoms with van der Waals surface area (Å²) in [6.07, 6.45) is 8.22. The molecule has 282 valence electrons. The van der Waals surface area contributed by atoms with Gasteiger partial charge in [0.2, 0.25) is 33.5 Å². The maximum Gasteiger partial charge on any atom is 0.289 e. The first-order valence-electron chi connectivity index (χ1n) is 18.5. The quantitative estimate of drug-likeness (QED) is 0.149. The van der Waals surface area contributed by atoms with Gasteiger partial charge in [-0.15, -0.1) is 6.58 Å². The zero-order valence-corrected chi connectivity index (χ0v) is 31.6. The lowest BCUT2D eigenvalue weighted by Gasteiger charge is -2.38. The minimum Gasteiger partial charge on any atom is -0.346 e. The number of Topliss-reactive ketones (excluding diaryl/α,β-unsaturated/α-hetero) is 1. The Morgan fingerprint density at radius 3 is 2.16 bits per heavy atom. The Morgan fingerprint density at radius 1 is 0.941 bits per heavy atom. The smallest absolute Gasteiger partial charge is 0.289 e. The number of rotatable bonds is 16. The average Bonchev–Trinajstić information content (AvgIpc) is 3.80. The van der Waals surface area contributed by atoms with Gasteiger partial charge in [0, 0.05) is 13.1 Å². The molecule has 13 heteroatoms. The predicted octanol–water partition coefficient (Wildman–Crippen LogP) is 3.47. The molecule has 2 aliphatic carbocycles. The molecule has 4 N–H and O–H groups in total. The van der Waals surface area contributed by atoms with Gasteiger partial charge in [0.15, 0.2) is 0 Å². The molecular weight excluding hydrogens is 671 g/mol. The van der Waals surface area contributed by atoms with Crippen LogP contribution in [0, 0.1) is 29.1 Å². The molecule has 1 aliphatic heterocycles. The Hall–Kier alpha value is -3.58. The van der Waals surface area contributed by atoms with Crippen LogP contribution in [0.25, 0.3) is 0 Å². The van der Waals surface area contributed by atoms with E-state index in [9.17, 15) is 32.4 Å². The van der Waals surface area contributed by atoms with Crippen molar-refractivity contribution >= 4 is 39.4 Å². The van der Waals surface area contributed by atoms with Crippen molar-refractivity contribution in [3.05, 3.63) is 43.0 Å². The van der Waals surface area contributed by atoms with Crippen molar-refractivity contribution in [1.29, 1.82) is 0 Å². The fraction of sp³-hybridized carbons (Fsp3) is 0.658. The third-order valence-electron chi connectivity index (χ3n) is 10.5. The van der Waals surface area contributed by atoms with Gasteiger partial charge in [-0.1, -0.05) is 91.0 Å². The monoisotopic (exact) mass is 727 g/mol. The highest BCUT2D eigenvalue weighted by Crippen LogP contribution is 2.36. The van der Waals surface area contributed by atoms with E-state index in [-0.39, 0.29) is 41.7 Å². The Kier molecular flexibility index (Phi) is 13.6. The molecule has 1 heterocycles. The molecule has 0 aromatic heterocycles. The van der Waals surface area contributed by atoms with E-state index >= 15 is 0 Å². The van der Waals surface area contributed by atoms with E-state index in [4.69, 9.17) is 0 Å². The molecule has 5 unspecified atom stereocenters. The van der Waals surface area contributed by atoms with Crippen LogP contribution in [0.5, 0.6) is 0 Å². The number of ketones is 1. The maximum atomic E-state index is 14.6. The van der Waals surface area contributed by atoms with Gasteiger partial charge in [0.05, 0.1) is 10.9 Å². The molecule has 5 atom stereocenters. The molecule has 4 amide bonds. The Morgan fingerprint density at radius 2 is 1.59 bits per heavy atom. The van der Waals surface area contributed by atoms with Crippen LogP contribution in [-0.2, 0) is 34.0 Å². The van der Waals surface area contributed by atoms with Crippen LogP contribution < -0.4 is 20.7 Å². The van der Waals surface area contributed by atoms with Gasteiger partial charge in [-0.05, 0) is 66.9 Å². The Balaban J connectivity index is 1.60. The molecule has 0 bridgehead atoms. The molecule has 51 heavy (non-hydrogen) atoms. The SMILES string of the molecule is C=CCNC(=O)C(=O)C(CC1CC1)NC(=O)C1C(C(C)C)CCN1C(=O)C(NC(=O)C(NS(=O)(=O)c1ccccc1)C1CCCCC1)C(C)(C)C. The summed E-state index contributed by atoms with van der Waals surface area (Å²) in [6, 6.07) is 3.73. The van der Waals surface area contributed by atoms with Gasteiger partial charge in [0.25, 0.3) is 5.91 Å². The first-order valence-corrected chi connectivity index (χ1v) is 19.9. The van der Waals surface area contributed by atoms with Crippen molar-refractivity contribution in [3.63, 3.8) is 0 Å². The van der Waals surface area contributed by atoms with Crippen LogP contribution in [-0.4, -0.2) is 80.0 Å². The van der Waals surface area contributed by atoms with Crippen molar-refractivity contribution < 1.29 is 32.4 Å². The molecule has 1 saturated heterocycles. The van der Waals surface area contributed by atoms with E-state index < -0.39 is 69.0 Å². The first-order chi connectivity index (χ1) is 24.0. The molecule has 1 aromatic carbocycles. The number of hydrogen-bond donors (Lipinski definition) is 4. The molecule has 1 aromatic rings. The molecule has 2 saturated carbocycles. The van der Waals surface area contributed by atoms with Crippen molar-refractivity contribution in [3.8, 4) is 0 Å². The minimum atomic E-state index is -4.05. The van der Waals surface area contributed by atoms with Gasteiger partial charge in [-0.2, -0.15) is 4.72 Å². The van der Waals surface area contributed by atoms with Crippen LogP contribution in [0.1, 0.15) is 92.4 Å². The molecule has 4 rings (SSSR count). The average molecular weight is 728 g/mol. The Labute approximate surface area is 303 Å². The molecule has 0 spiro atoms. The van der Waals surface area contributed by atoms with Crippen LogP contribution in [0.15, 0.2) is 47.9 Å². The summed E-state index contributed by atoms with van der Waals surface area (Å²) in [5.41, 5.74) is -0.813. The highest BCUT2D eigenvalue weighted by molar-refractivity contribution is 7.89. The van der Waals surface area contributed by atoms with E-state index in [1.807, 2.05) is 34.6 Å². The fourth-order valence-electron chi connectivity index (χ4n) is 7.40. The number of sulfonamides is 1. The fourth-order valence-corrected chi connectivity index (χ4v) is 8.68. The topological polar surface area (TPSA) is 171 Å². The van der Waals surface area contributed by atoms with Gasteiger partial charge < -0.3 is 20.9 Å². The normalized spacial score (nSPS) is 21.7. The summed E-state index contributed by atoms with van der Waals surface area (Å²) in [5.74, 6) is -3.34. The number of benzene rings is 1. The van der Waals surface area contributed by atoms with E-state index in [0.29, 0.717) is 25.7 Å². The lowest BCUT2D eigenvalue weighted by Crippen LogP contribution is -2.62. The van der Waals surface area contributed by atoms with E-state index in [0.717, 1.165) is 32.1 Å². The van der Waals surface area contributed by atoms with E-state index in [1.54, 1.807) is 18.2 Å². The zero-order chi connectivity index (χ0) is 37.5. The first kappa shape index (κ1) is 40.2. The number of likely N-dealkylation sites (tertiary alicyclic amines) is 1. The molecule has 3 fully saturated rings. The zero-order valence-electron chi connectivity index (χ0n) is 30.8. The second kappa shape index (κ2) is 17.3. The molecule has 3 aliphatic rings. The number of carbonyl (C=O) groups excluding carboxylic acids is 5. The largest absolute Gasteiger partial charge is 0.346 e. The summed E-state index contributed by atoms with van der Waals surface area (Å²) in [4.78, 5) is 70.3. The third-order valence-corrected chi connectivity index (χ3v) is 12.0. The maximum absolute atomic E-state index is 14.6. The van der Waals surface area contributed by atoms with E-state index in [2.05, 4.69) is 27.3 Å². The Bertz CT molecular complexity index is 1530. The number of carbonyl (C=O) groups is 5. The van der Waals surface area contributed by atoms with Crippen LogP contribution >= 0.6 is 0 Å². The standard InChI is InChI=1S/C38H57N5O7S/c1-7-21-39-36(47)32(44)29(23-25-18-19-25)40-35(46)31-28(24(2)3)20-22-43(31)37(48)33(38(4,5)6)41-34(45)30(26-14-10-8-11-15-26)42-51(49,50)27-16-12-9-13-17-27/h7,9,12-13,16-17,24-26,28-31,33,42H,1,8,10-11,14-15,18-23H2,2-6H3,(H,39,47)(H,40,46)(H,41,45). The van der Waals surface area contributed by atoms with Gasteiger partial charge in [0.1, 0.15) is 18.1 Å². The minimum absolute atomic E-state index is 0.0118. The number of nitrogens with one attached hydrogen (secondary N) is 4. The molecule has 0 radical (unpaired) electrons. The second-order valence-corrected chi connectivity index (χ2v) is 17.6. The highest BCUT2D eigenvalue weighted by Gasteiger charge is 2.48. The molecular formula is C38H57N5O7S.